The zero-order chi connectivity index (χ0) is 16.4. The minimum atomic E-state index is -0.610. The molecule has 5 rings (SSSR count). The summed E-state index contributed by atoms with van der Waals surface area (Å²) in [6.45, 7) is 0. The summed E-state index contributed by atoms with van der Waals surface area (Å²) in [5.41, 5.74) is 11.1. The number of ketones is 1. The molecule has 128 valence electrons. The molecule has 5 nitrogen and oxygen atoms in total. The van der Waals surface area contributed by atoms with Crippen molar-refractivity contribution in [1.82, 2.24) is 0 Å². The number of hydrogen-bond donors (Lipinski definition) is 3. The fraction of sp³-hybridized carbons (Fsp3) is 0.889. The first-order chi connectivity index (χ1) is 10.8. The van der Waals surface area contributed by atoms with Gasteiger partial charge in [0.15, 0.2) is 5.78 Å². The zero-order valence-electron chi connectivity index (χ0n) is 13.7. The van der Waals surface area contributed by atoms with Crippen molar-refractivity contribution in [3.8, 4) is 0 Å². The van der Waals surface area contributed by atoms with Crippen LogP contribution in [0, 0.1) is 29.1 Å². The van der Waals surface area contributed by atoms with Crippen LogP contribution in [0.15, 0.2) is 0 Å². The summed E-state index contributed by atoms with van der Waals surface area (Å²) in [6.07, 6.45) is 7.83. The maximum atomic E-state index is 13.1. The van der Waals surface area contributed by atoms with Crippen molar-refractivity contribution in [2.75, 3.05) is 0 Å². The van der Waals surface area contributed by atoms with Crippen LogP contribution in [0.1, 0.15) is 57.8 Å². The summed E-state index contributed by atoms with van der Waals surface area (Å²) in [5.74, 6) is 0.0379. The van der Waals surface area contributed by atoms with Crippen molar-refractivity contribution in [2.45, 2.75) is 69.4 Å². The molecule has 0 heterocycles. The number of rotatable bonds is 4. The van der Waals surface area contributed by atoms with Crippen molar-refractivity contribution < 1.29 is 14.7 Å². The van der Waals surface area contributed by atoms with Gasteiger partial charge in [-0.2, -0.15) is 0 Å². The molecule has 0 aromatic rings. The van der Waals surface area contributed by atoms with Crippen molar-refractivity contribution >= 4 is 11.7 Å². The minimum Gasteiger partial charge on any atom is -0.390 e. The summed E-state index contributed by atoms with van der Waals surface area (Å²) in [4.78, 5) is 24.7. The smallest absolute Gasteiger partial charge is 0.221 e. The Kier molecular flexibility index (Phi) is 3.40. The molecule has 5 aliphatic carbocycles. The number of hydrogen-bond acceptors (Lipinski definition) is 4. The van der Waals surface area contributed by atoms with Crippen LogP contribution in [0.5, 0.6) is 0 Å². The number of carbonyl (C=O) groups is 2. The van der Waals surface area contributed by atoms with Gasteiger partial charge in [-0.3, -0.25) is 9.59 Å². The van der Waals surface area contributed by atoms with E-state index in [2.05, 4.69) is 0 Å². The maximum absolute atomic E-state index is 13.1. The van der Waals surface area contributed by atoms with Crippen molar-refractivity contribution in [1.29, 1.82) is 0 Å². The van der Waals surface area contributed by atoms with Gasteiger partial charge in [-0.15, -0.1) is 0 Å². The fourth-order valence-electron chi connectivity index (χ4n) is 6.82. The third-order valence-electron chi connectivity index (χ3n) is 7.29. The van der Waals surface area contributed by atoms with E-state index in [4.69, 9.17) is 11.5 Å². The molecule has 0 aromatic carbocycles. The van der Waals surface area contributed by atoms with Crippen molar-refractivity contribution in [2.24, 2.45) is 40.6 Å². The molecular formula is C18H28N2O3. The van der Waals surface area contributed by atoms with E-state index in [1.54, 1.807) is 0 Å². The lowest BCUT2D eigenvalue weighted by Gasteiger charge is -2.61. The van der Waals surface area contributed by atoms with E-state index < -0.39 is 11.6 Å². The van der Waals surface area contributed by atoms with Crippen LogP contribution in [0.4, 0.5) is 0 Å². The monoisotopic (exact) mass is 320 g/mol. The predicted molar refractivity (Wildman–Crippen MR) is 85.1 cm³/mol. The first kappa shape index (κ1) is 15.6. The van der Waals surface area contributed by atoms with E-state index in [-0.39, 0.29) is 28.9 Å². The van der Waals surface area contributed by atoms with Gasteiger partial charge in [-0.1, -0.05) is 6.42 Å². The van der Waals surface area contributed by atoms with Crippen LogP contribution in [-0.4, -0.2) is 28.4 Å². The number of carbonyl (C=O) groups excluding carboxylic acids is 2. The molecule has 0 saturated heterocycles. The lowest BCUT2D eigenvalue weighted by molar-refractivity contribution is -0.175. The highest BCUT2D eigenvalue weighted by Crippen LogP contribution is 2.62. The summed E-state index contributed by atoms with van der Waals surface area (Å²) in [6, 6.07) is -0.551. The number of primary amides is 1. The topological polar surface area (TPSA) is 106 Å². The lowest BCUT2D eigenvalue weighted by atomic mass is 9.45. The molecule has 23 heavy (non-hydrogen) atoms. The molecule has 5 fully saturated rings. The molecule has 5 heteroatoms. The van der Waals surface area contributed by atoms with Crippen molar-refractivity contribution in [3.63, 3.8) is 0 Å². The highest BCUT2D eigenvalue weighted by Gasteiger charge is 2.60. The van der Waals surface area contributed by atoms with Gasteiger partial charge in [-0.05, 0) is 68.6 Å². The highest BCUT2D eigenvalue weighted by atomic mass is 16.3. The van der Waals surface area contributed by atoms with Gasteiger partial charge in [0.05, 0.1) is 11.6 Å². The number of aliphatic hydroxyl groups is 1. The average molecular weight is 320 g/mol. The lowest BCUT2D eigenvalue weighted by Crippen LogP contribution is -2.63. The van der Waals surface area contributed by atoms with E-state index in [0.717, 1.165) is 38.5 Å². The Bertz CT molecular complexity index is 532. The Morgan fingerprint density at radius 3 is 2.22 bits per heavy atom. The molecule has 5 aliphatic rings. The van der Waals surface area contributed by atoms with Gasteiger partial charge in [0.1, 0.15) is 0 Å². The Balaban J connectivity index is 1.58. The standard InChI is InChI=1S/C18H28N2O3/c19-15(14(21)12-2-1-3-13(12)16(20)22)17-5-10-4-11(6-17)8-18(23,7-10)9-17/h10-13,15,23H,1-9,19H2,(H2,20,22)/t10?,11?,12?,13-,15?,17?,18?/m1/s1. The minimum absolute atomic E-state index is 0.0249. The first-order valence-electron chi connectivity index (χ1n) is 9.13. The van der Waals surface area contributed by atoms with Crippen LogP contribution >= 0.6 is 0 Å². The SMILES string of the molecule is NC(=O)[C@@H]1CCCC1C(=O)C(N)C12CC3CC(CC(O)(C3)C1)C2. The molecule has 5 saturated carbocycles. The summed E-state index contributed by atoms with van der Waals surface area (Å²) < 4.78 is 0. The molecule has 1 amide bonds. The van der Waals surface area contributed by atoms with E-state index in [9.17, 15) is 14.7 Å². The van der Waals surface area contributed by atoms with Crippen LogP contribution in [0.2, 0.25) is 0 Å². The quantitative estimate of drug-likeness (QED) is 0.721. The summed E-state index contributed by atoms with van der Waals surface area (Å²) >= 11 is 0. The predicted octanol–water partition coefficient (Wildman–Crippen LogP) is 1.12. The van der Waals surface area contributed by atoms with Crippen LogP contribution in [0.3, 0.4) is 0 Å². The summed E-state index contributed by atoms with van der Waals surface area (Å²) in [7, 11) is 0. The molecule has 4 unspecified atom stereocenters. The van der Waals surface area contributed by atoms with Gasteiger partial charge in [0.2, 0.25) is 5.91 Å². The second-order valence-electron chi connectivity index (χ2n) is 8.97. The Morgan fingerprint density at radius 2 is 1.65 bits per heavy atom. The third-order valence-corrected chi connectivity index (χ3v) is 7.29. The van der Waals surface area contributed by atoms with E-state index in [0.29, 0.717) is 24.7 Å². The van der Waals surface area contributed by atoms with Gasteiger partial charge in [0, 0.05) is 11.8 Å². The largest absolute Gasteiger partial charge is 0.390 e. The van der Waals surface area contributed by atoms with Crippen molar-refractivity contribution in [3.05, 3.63) is 0 Å². The molecular weight excluding hydrogens is 292 g/mol. The second-order valence-corrected chi connectivity index (χ2v) is 8.97. The Morgan fingerprint density at radius 1 is 1.04 bits per heavy atom. The van der Waals surface area contributed by atoms with E-state index in [1.165, 1.54) is 6.42 Å². The normalized spacial score (nSPS) is 49.3. The third kappa shape index (κ3) is 2.35. The molecule has 0 aromatic heterocycles. The molecule has 5 atom stereocenters. The van der Waals surface area contributed by atoms with Gasteiger partial charge < -0.3 is 16.6 Å². The molecule has 0 aliphatic heterocycles. The number of Topliss-reactive ketones (excluding diaryl/α,β-unsaturated/α-hetero) is 1. The van der Waals surface area contributed by atoms with Crippen LogP contribution < -0.4 is 11.5 Å². The van der Waals surface area contributed by atoms with Gasteiger partial charge in [-0.25, -0.2) is 0 Å². The fourth-order valence-corrected chi connectivity index (χ4v) is 6.82. The Labute approximate surface area is 137 Å². The number of amides is 1. The molecule has 0 spiro atoms. The maximum Gasteiger partial charge on any atom is 0.221 e. The molecule has 5 N–H and O–H groups in total. The second kappa shape index (κ2) is 5.03. The highest BCUT2D eigenvalue weighted by molar-refractivity contribution is 5.92. The summed E-state index contributed by atoms with van der Waals surface area (Å²) in [5, 5.41) is 10.9. The molecule has 0 radical (unpaired) electrons. The molecule has 4 bridgehead atoms. The van der Waals surface area contributed by atoms with Crippen LogP contribution in [0.25, 0.3) is 0 Å². The van der Waals surface area contributed by atoms with Crippen LogP contribution in [-0.2, 0) is 9.59 Å². The number of nitrogens with two attached hydrogens (primary N) is 2. The van der Waals surface area contributed by atoms with E-state index >= 15 is 0 Å². The average Bonchev–Trinajstić information content (AvgIpc) is 2.92. The first-order valence-corrected chi connectivity index (χ1v) is 9.13. The van der Waals surface area contributed by atoms with E-state index in [1.807, 2.05) is 0 Å². The van der Waals surface area contributed by atoms with Gasteiger partial charge in [0.25, 0.3) is 0 Å². The van der Waals surface area contributed by atoms with Gasteiger partial charge >= 0.3 is 0 Å². The zero-order valence-corrected chi connectivity index (χ0v) is 13.7. The Hall–Kier alpha value is -0.940.